The van der Waals surface area contributed by atoms with Crippen molar-refractivity contribution in [3.63, 3.8) is 0 Å². The molecule has 0 bridgehead atoms. The van der Waals surface area contributed by atoms with Gasteiger partial charge in [0.05, 0.1) is 11.7 Å². The molecule has 0 atom stereocenters. The third-order valence-corrected chi connectivity index (χ3v) is 2.83. The number of anilines is 1. The minimum atomic E-state index is 0.590. The number of rotatable bonds is 2. The molecule has 2 aromatic rings. The summed E-state index contributed by atoms with van der Waals surface area (Å²) in [6.07, 6.45) is 0. The van der Waals surface area contributed by atoms with Gasteiger partial charge in [-0.3, -0.25) is 0 Å². The van der Waals surface area contributed by atoms with Crippen molar-refractivity contribution in [1.29, 1.82) is 0 Å². The second kappa shape index (κ2) is 4.35. The molecule has 0 saturated heterocycles. The molecule has 0 amide bonds. The Morgan fingerprint density at radius 2 is 1.80 bits per heavy atom. The summed E-state index contributed by atoms with van der Waals surface area (Å²) in [5.41, 5.74) is 1.64. The highest BCUT2D eigenvalue weighted by molar-refractivity contribution is 6.99. The van der Waals surface area contributed by atoms with Gasteiger partial charge in [0.15, 0.2) is 5.82 Å². The number of hydrogen-bond donors (Lipinski definition) is 1. The van der Waals surface area contributed by atoms with Crippen molar-refractivity contribution in [3.05, 3.63) is 28.2 Å². The molecule has 0 spiro atoms. The first kappa shape index (κ1) is 10.7. The van der Waals surface area contributed by atoms with Crippen molar-refractivity contribution in [2.24, 2.45) is 0 Å². The molecular weight excluding hydrogens is 253 g/mol. The first-order valence-electron chi connectivity index (χ1n) is 4.17. The Kier molecular flexibility index (Phi) is 3.09. The molecule has 1 aromatic carbocycles. The Hall–Kier alpha value is -0.840. The van der Waals surface area contributed by atoms with Crippen molar-refractivity contribution >= 4 is 40.7 Å². The third kappa shape index (κ3) is 2.22. The van der Waals surface area contributed by atoms with Gasteiger partial charge in [0, 0.05) is 22.7 Å². The van der Waals surface area contributed by atoms with Gasteiger partial charge < -0.3 is 5.32 Å². The fourth-order valence-electron chi connectivity index (χ4n) is 1.23. The maximum atomic E-state index is 5.91. The van der Waals surface area contributed by atoms with Crippen molar-refractivity contribution in [1.82, 2.24) is 8.75 Å². The summed E-state index contributed by atoms with van der Waals surface area (Å²) in [5.74, 6) is 0.735. The zero-order chi connectivity index (χ0) is 10.8. The normalized spacial score (nSPS) is 10.3. The lowest BCUT2D eigenvalue weighted by atomic mass is 10.1. The van der Waals surface area contributed by atoms with Gasteiger partial charge in [-0.25, -0.2) is 0 Å². The standard InChI is InChI=1S/C9H7Cl2N3S/c1-12-9-8(13-15-14-9)5-2-6(10)4-7(11)3-5/h2-4H,1H3,(H,12,14). The van der Waals surface area contributed by atoms with Crippen LogP contribution in [0.15, 0.2) is 18.2 Å². The summed E-state index contributed by atoms with van der Waals surface area (Å²) in [4.78, 5) is 0. The summed E-state index contributed by atoms with van der Waals surface area (Å²) in [6.45, 7) is 0. The minimum absolute atomic E-state index is 0.590. The van der Waals surface area contributed by atoms with Crippen LogP contribution in [-0.2, 0) is 0 Å². The SMILES string of the molecule is CNc1nsnc1-c1cc(Cl)cc(Cl)c1. The van der Waals surface area contributed by atoms with E-state index in [2.05, 4.69) is 14.1 Å². The molecule has 6 heteroatoms. The molecule has 0 saturated carbocycles. The molecule has 0 fully saturated rings. The molecule has 0 aliphatic heterocycles. The van der Waals surface area contributed by atoms with Crippen LogP contribution in [-0.4, -0.2) is 15.8 Å². The summed E-state index contributed by atoms with van der Waals surface area (Å²) < 4.78 is 8.29. The molecule has 0 unspecified atom stereocenters. The van der Waals surface area contributed by atoms with Crippen LogP contribution < -0.4 is 5.32 Å². The second-order valence-electron chi connectivity index (χ2n) is 2.87. The summed E-state index contributed by atoms with van der Waals surface area (Å²) >= 11 is 13.0. The Bertz CT molecular complexity index is 464. The Balaban J connectivity index is 2.53. The Morgan fingerprint density at radius 3 is 2.40 bits per heavy atom. The molecule has 0 aliphatic rings. The van der Waals surface area contributed by atoms with Crippen LogP contribution in [0.25, 0.3) is 11.3 Å². The average Bonchev–Trinajstić information content (AvgIpc) is 2.63. The Morgan fingerprint density at radius 1 is 1.13 bits per heavy atom. The van der Waals surface area contributed by atoms with E-state index < -0.39 is 0 Å². The van der Waals surface area contributed by atoms with E-state index in [0.717, 1.165) is 28.8 Å². The van der Waals surface area contributed by atoms with E-state index in [1.807, 2.05) is 12.1 Å². The minimum Gasteiger partial charge on any atom is -0.370 e. The van der Waals surface area contributed by atoms with Crippen LogP contribution in [0, 0.1) is 0 Å². The van der Waals surface area contributed by atoms with E-state index in [-0.39, 0.29) is 0 Å². The number of benzene rings is 1. The van der Waals surface area contributed by atoms with E-state index in [4.69, 9.17) is 23.2 Å². The zero-order valence-electron chi connectivity index (χ0n) is 7.79. The summed E-state index contributed by atoms with van der Waals surface area (Å²) in [7, 11) is 1.80. The van der Waals surface area contributed by atoms with Crippen LogP contribution in [0.1, 0.15) is 0 Å². The zero-order valence-corrected chi connectivity index (χ0v) is 10.1. The molecule has 0 aliphatic carbocycles. The van der Waals surface area contributed by atoms with E-state index in [0.29, 0.717) is 10.0 Å². The second-order valence-corrected chi connectivity index (χ2v) is 4.27. The predicted molar refractivity (Wildman–Crippen MR) is 64.9 cm³/mol. The Labute approximate surface area is 101 Å². The predicted octanol–water partition coefficient (Wildman–Crippen LogP) is 3.55. The molecular formula is C9H7Cl2N3S. The maximum Gasteiger partial charge on any atom is 0.167 e. The van der Waals surface area contributed by atoms with Crippen molar-refractivity contribution in [3.8, 4) is 11.3 Å². The monoisotopic (exact) mass is 259 g/mol. The third-order valence-electron chi connectivity index (χ3n) is 1.86. The number of nitrogens with one attached hydrogen (secondary N) is 1. The fraction of sp³-hybridized carbons (Fsp3) is 0.111. The van der Waals surface area contributed by atoms with Gasteiger partial charge in [-0.2, -0.15) is 8.75 Å². The first-order valence-corrected chi connectivity index (χ1v) is 5.66. The molecule has 78 valence electrons. The van der Waals surface area contributed by atoms with Crippen LogP contribution in [0.5, 0.6) is 0 Å². The molecule has 2 rings (SSSR count). The molecule has 15 heavy (non-hydrogen) atoms. The van der Waals surface area contributed by atoms with Crippen LogP contribution >= 0.6 is 34.9 Å². The number of aromatic nitrogens is 2. The lowest BCUT2D eigenvalue weighted by molar-refractivity contribution is 1.40. The van der Waals surface area contributed by atoms with Gasteiger partial charge in [0.25, 0.3) is 0 Å². The summed E-state index contributed by atoms with van der Waals surface area (Å²) in [6, 6.07) is 5.31. The maximum absolute atomic E-state index is 5.91. The van der Waals surface area contributed by atoms with Crippen LogP contribution in [0.4, 0.5) is 5.82 Å². The molecule has 1 aromatic heterocycles. The van der Waals surface area contributed by atoms with Crippen molar-refractivity contribution < 1.29 is 0 Å². The highest BCUT2D eigenvalue weighted by Crippen LogP contribution is 2.30. The van der Waals surface area contributed by atoms with Gasteiger partial charge in [-0.05, 0) is 18.2 Å². The highest BCUT2D eigenvalue weighted by Gasteiger charge is 2.10. The van der Waals surface area contributed by atoms with Crippen LogP contribution in [0.3, 0.4) is 0 Å². The highest BCUT2D eigenvalue weighted by atomic mass is 35.5. The average molecular weight is 260 g/mol. The van der Waals surface area contributed by atoms with E-state index >= 15 is 0 Å². The quantitative estimate of drug-likeness (QED) is 0.897. The van der Waals surface area contributed by atoms with Gasteiger partial charge >= 0.3 is 0 Å². The van der Waals surface area contributed by atoms with E-state index in [9.17, 15) is 0 Å². The molecule has 1 heterocycles. The van der Waals surface area contributed by atoms with Gasteiger partial charge in [-0.15, -0.1) is 0 Å². The van der Waals surface area contributed by atoms with Crippen LogP contribution in [0.2, 0.25) is 10.0 Å². The topological polar surface area (TPSA) is 37.8 Å². The number of hydrogen-bond acceptors (Lipinski definition) is 4. The number of halogens is 2. The number of nitrogens with zero attached hydrogens (tertiary/aromatic N) is 2. The fourth-order valence-corrected chi connectivity index (χ4v) is 2.33. The molecule has 3 nitrogen and oxygen atoms in total. The van der Waals surface area contributed by atoms with E-state index in [1.165, 1.54) is 0 Å². The molecule has 0 radical (unpaired) electrons. The van der Waals surface area contributed by atoms with Gasteiger partial charge in [0.2, 0.25) is 0 Å². The van der Waals surface area contributed by atoms with Gasteiger partial charge in [0.1, 0.15) is 5.69 Å². The lowest BCUT2D eigenvalue weighted by Gasteiger charge is -2.01. The van der Waals surface area contributed by atoms with E-state index in [1.54, 1.807) is 13.1 Å². The molecule has 1 N–H and O–H groups in total. The van der Waals surface area contributed by atoms with Crippen molar-refractivity contribution in [2.75, 3.05) is 12.4 Å². The van der Waals surface area contributed by atoms with Gasteiger partial charge in [-0.1, -0.05) is 23.2 Å². The lowest BCUT2D eigenvalue weighted by Crippen LogP contribution is -1.90. The summed E-state index contributed by atoms with van der Waals surface area (Å²) in [5, 5.41) is 4.14. The smallest absolute Gasteiger partial charge is 0.167 e. The van der Waals surface area contributed by atoms with Crippen molar-refractivity contribution in [2.45, 2.75) is 0 Å². The largest absolute Gasteiger partial charge is 0.370 e. The first-order chi connectivity index (χ1) is 7.20.